The SMILES string of the molecule is CN=C(NC1CC1c1c(F)cccc1F)N(C)Cc1ccccc1. The van der Waals surface area contributed by atoms with Crippen molar-refractivity contribution in [1.29, 1.82) is 0 Å². The summed E-state index contributed by atoms with van der Waals surface area (Å²) in [5.74, 6) is -0.370. The zero-order chi connectivity index (χ0) is 17.1. The number of hydrogen-bond donors (Lipinski definition) is 1. The van der Waals surface area contributed by atoms with Gasteiger partial charge < -0.3 is 10.2 Å². The number of hydrogen-bond acceptors (Lipinski definition) is 1. The van der Waals surface area contributed by atoms with Crippen LogP contribution in [-0.2, 0) is 6.54 Å². The molecule has 0 spiro atoms. The highest BCUT2D eigenvalue weighted by molar-refractivity contribution is 5.80. The number of nitrogens with one attached hydrogen (secondary N) is 1. The third-order valence-electron chi connectivity index (χ3n) is 4.31. The van der Waals surface area contributed by atoms with Crippen LogP contribution in [0.4, 0.5) is 8.78 Å². The highest BCUT2D eigenvalue weighted by Crippen LogP contribution is 2.43. The van der Waals surface area contributed by atoms with Crippen molar-refractivity contribution >= 4 is 5.96 Å². The molecule has 0 amide bonds. The molecule has 1 saturated carbocycles. The van der Waals surface area contributed by atoms with E-state index in [4.69, 9.17) is 0 Å². The lowest BCUT2D eigenvalue weighted by Gasteiger charge is -2.22. The predicted molar refractivity (Wildman–Crippen MR) is 91.9 cm³/mol. The van der Waals surface area contributed by atoms with Gasteiger partial charge in [-0.15, -0.1) is 0 Å². The molecule has 2 aromatic rings. The van der Waals surface area contributed by atoms with Gasteiger partial charge in [0.05, 0.1) is 0 Å². The van der Waals surface area contributed by atoms with Crippen molar-refractivity contribution in [3.8, 4) is 0 Å². The van der Waals surface area contributed by atoms with E-state index in [1.54, 1.807) is 7.05 Å². The third-order valence-corrected chi connectivity index (χ3v) is 4.31. The molecule has 126 valence electrons. The molecule has 3 nitrogen and oxygen atoms in total. The van der Waals surface area contributed by atoms with E-state index in [1.807, 2.05) is 30.1 Å². The summed E-state index contributed by atoms with van der Waals surface area (Å²) >= 11 is 0. The van der Waals surface area contributed by atoms with E-state index in [-0.39, 0.29) is 17.5 Å². The number of rotatable bonds is 4. The van der Waals surface area contributed by atoms with E-state index in [0.29, 0.717) is 13.0 Å². The average molecular weight is 329 g/mol. The lowest BCUT2D eigenvalue weighted by Crippen LogP contribution is -2.40. The summed E-state index contributed by atoms with van der Waals surface area (Å²) in [6, 6.07) is 14.1. The van der Waals surface area contributed by atoms with Gasteiger partial charge in [-0.2, -0.15) is 0 Å². The van der Waals surface area contributed by atoms with Crippen LogP contribution in [0.5, 0.6) is 0 Å². The first-order valence-corrected chi connectivity index (χ1v) is 8.02. The highest BCUT2D eigenvalue weighted by Gasteiger charge is 2.42. The summed E-state index contributed by atoms with van der Waals surface area (Å²) in [5, 5.41) is 3.31. The standard InChI is InChI=1S/C19H21F2N3/c1-22-19(24(2)12-13-7-4-3-5-8-13)23-17-11-14(17)18-15(20)9-6-10-16(18)21/h3-10,14,17H,11-12H2,1-2H3,(H,22,23). The van der Waals surface area contributed by atoms with Gasteiger partial charge in [-0.3, -0.25) is 4.99 Å². The Balaban J connectivity index is 1.63. The van der Waals surface area contributed by atoms with Crippen molar-refractivity contribution in [2.45, 2.75) is 24.9 Å². The van der Waals surface area contributed by atoms with Gasteiger partial charge >= 0.3 is 0 Å². The molecule has 0 heterocycles. The lowest BCUT2D eigenvalue weighted by molar-refractivity contribution is 0.474. The van der Waals surface area contributed by atoms with Crippen molar-refractivity contribution in [2.24, 2.45) is 4.99 Å². The summed E-state index contributed by atoms with van der Waals surface area (Å²) in [4.78, 5) is 6.28. The molecule has 0 aliphatic heterocycles. The van der Waals surface area contributed by atoms with Gasteiger partial charge in [-0.25, -0.2) is 8.78 Å². The van der Waals surface area contributed by atoms with E-state index >= 15 is 0 Å². The van der Waals surface area contributed by atoms with E-state index in [2.05, 4.69) is 22.4 Å². The van der Waals surface area contributed by atoms with Crippen LogP contribution in [0.2, 0.25) is 0 Å². The Bertz CT molecular complexity index is 710. The quantitative estimate of drug-likeness (QED) is 0.686. The fourth-order valence-corrected chi connectivity index (χ4v) is 2.98. The molecule has 1 fully saturated rings. The van der Waals surface area contributed by atoms with Gasteiger partial charge in [-0.1, -0.05) is 36.4 Å². The fourth-order valence-electron chi connectivity index (χ4n) is 2.98. The number of benzene rings is 2. The van der Waals surface area contributed by atoms with Gasteiger partial charge in [0.2, 0.25) is 0 Å². The molecule has 2 atom stereocenters. The van der Waals surface area contributed by atoms with Crippen molar-refractivity contribution in [2.75, 3.05) is 14.1 Å². The van der Waals surface area contributed by atoms with Gasteiger partial charge in [0.25, 0.3) is 0 Å². The van der Waals surface area contributed by atoms with Crippen LogP contribution in [0.15, 0.2) is 53.5 Å². The summed E-state index contributed by atoms with van der Waals surface area (Å²) in [6.07, 6.45) is 0.704. The van der Waals surface area contributed by atoms with E-state index < -0.39 is 11.6 Å². The summed E-state index contributed by atoms with van der Waals surface area (Å²) in [7, 11) is 3.66. The fraction of sp³-hybridized carbons (Fsp3) is 0.316. The van der Waals surface area contributed by atoms with Gasteiger partial charge in [-0.05, 0) is 24.1 Å². The molecule has 2 unspecified atom stereocenters. The Morgan fingerprint density at radius 3 is 2.42 bits per heavy atom. The molecule has 1 N–H and O–H groups in total. The minimum atomic E-state index is -0.475. The van der Waals surface area contributed by atoms with E-state index in [1.165, 1.54) is 23.8 Å². The number of aliphatic imine (C=N–C) groups is 1. The second-order valence-electron chi connectivity index (χ2n) is 6.12. The highest BCUT2D eigenvalue weighted by atomic mass is 19.1. The Morgan fingerprint density at radius 2 is 1.79 bits per heavy atom. The molecule has 0 saturated heterocycles. The maximum absolute atomic E-state index is 13.9. The Kier molecular flexibility index (Phi) is 4.79. The molecule has 3 rings (SSSR count). The second-order valence-corrected chi connectivity index (χ2v) is 6.12. The van der Waals surface area contributed by atoms with Crippen molar-refractivity contribution in [3.63, 3.8) is 0 Å². The molecule has 24 heavy (non-hydrogen) atoms. The molecular weight excluding hydrogens is 308 g/mol. The minimum Gasteiger partial charge on any atom is -0.353 e. The van der Waals surface area contributed by atoms with Crippen LogP contribution in [0, 0.1) is 11.6 Å². The predicted octanol–water partition coefficient (Wildman–Crippen LogP) is 3.53. The first kappa shape index (κ1) is 16.4. The Labute approximate surface area is 141 Å². The van der Waals surface area contributed by atoms with Crippen LogP contribution in [0.25, 0.3) is 0 Å². The first-order chi connectivity index (χ1) is 11.6. The van der Waals surface area contributed by atoms with Crippen molar-refractivity contribution < 1.29 is 8.78 Å². The van der Waals surface area contributed by atoms with Gasteiger partial charge in [0, 0.05) is 38.2 Å². The van der Waals surface area contributed by atoms with Crippen LogP contribution in [-0.4, -0.2) is 31.0 Å². The molecule has 1 aliphatic rings. The summed E-state index contributed by atoms with van der Waals surface area (Å²) in [6.45, 7) is 0.714. The number of guanidine groups is 1. The largest absolute Gasteiger partial charge is 0.353 e. The Morgan fingerprint density at radius 1 is 1.12 bits per heavy atom. The van der Waals surface area contributed by atoms with E-state index in [0.717, 1.165) is 5.96 Å². The van der Waals surface area contributed by atoms with Gasteiger partial charge in [0.1, 0.15) is 11.6 Å². The Hall–Kier alpha value is -2.43. The van der Waals surface area contributed by atoms with Gasteiger partial charge in [0.15, 0.2) is 5.96 Å². The maximum Gasteiger partial charge on any atom is 0.193 e. The van der Waals surface area contributed by atoms with Crippen LogP contribution >= 0.6 is 0 Å². The molecule has 0 aromatic heterocycles. The summed E-state index contributed by atoms with van der Waals surface area (Å²) in [5.41, 5.74) is 1.35. The summed E-state index contributed by atoms with van der Waals surface area (Å²) < 4.78 is 27.7. The molecule has 5 heteroatoms. The monoisotopic (exact) mass is 329 g/mol. The topological polar surface area (TPSA) is 27.6 Å². The van der Waals surface area contributed by atoms with Crippen molar-refractivity contribution in [1.82, 2.24) is 10.2 Å². The van der Waals surface area contributed by atoms with Crippen LogP contribution in [0.1, 0.15) is 23.5 Å². The minimum absolute atomic E-state index is 0.00771. The lowest BCUT2D eigenvalue weighted by atomic mass is 10.1. The third kappa shape index (κ3) is 3.55. The average Bonchev–Trinajstić information content (AvgIpc) is 3.32. The molecular formula is C19H21F2N3. The van der Waals surface area contributed by atoms with Crippen molar-refractivity contribution in [3.05, 3.63) is 71.3 Å². The zero-order valence-corrected chi connectivity index (χ0v) is 13.8. The van der Waals surface area contributed by atoms with Crippen LogP contribution in [0.3, 0.4) is 0 Å². The van der Waals surface area contributed by atoms with Crippen LogP contribution < -0.4 is 5.32 Å². The molecule has 0 radical (unpaired) electrons. The molecule has 0 bridgehead atoms. The number of halogens is 2. The first-order valence-electron chi connectivity index (χ1n) is 8.02. The molecule has 2 aromatic carbocycles. The zero-order valence-electron chi connectivity index (χ0n) is 13.8. The maximum atomic E-state index is 13.9. The molecule has 1 aliphatic carbocycles. The number of nitrogens with zero attached hydrogens (tertiary/aromatic N) is 2. The smallest absolute Gasteiger partial charge is 0.193 e. The second kappa shape index (κ2) is 6.99. The normalized spacial score (nSPS) is 19.9. The van der Waals surface area contributed by atoms with E-state index in [9.17, 15) is 8.78 Å².